The molecule has 2 rings (SSSR count). The van der Waals surface area contributed by atoms with E-state index in [0.29, 0.717) is 10.7 Å². The number of rotatable bonds is 5. The highest BCUT2D eigenvalue weighted by Gasteiger charge is 2.22. The first-order chi connectivity index (χ1) is 11.2. The van der Waals surface area contributed by atoms with Crippen LogP contribution in [0, 0.1) is 12.7 Å². The molecule has 0 spiro atoms. The Bertz CT molecular complexity index is 854. The standard InChI is InChI=1S/C16H16ClFN2O3S/c1-10-3-4-12(17)9-15(10)19-16(21)11(2)20-24(22,23)14-7-5-13(18)6-8-14/h3-9,11,20H,1-2H3,(H,19,21)/t11-/m1/s1. The van der Waals surface area contributed by atoms with Gasteiger partial charge >= 0.3 is 0 Å². The molecule has 2 aromatic rings. The minimum atomic E-state index is -3.94. The molecule has 2 N–H and O–H groups in total. The van der Waals surface area contributed by atoms with E-state index in [-0.39, 0.29) is 4.90 Å². The first-order valence-corrected chi connectivity index (χ1v) is 8.90. The third-order valence-electron chi connectivity index (χ3n) is 3.31. The number of hydrogen-bond acceptors (Lipinski definition) is 3. The van der Waals surface area contributed by atoms with E-state index in [1.54, 1.807) is 25.1 Å². The summed E-state index contributed by atoms with van der Waals surface area (Å²) in [5, 5.41) is 3.08. The van der Waals surface area contributed by atoms with E-state index in [1.165, 1.54) is 6.92 Å². The summed E-state index contributed by atoms with van der Waals surface area (Å²) in [6.07, 6.45) is 0. The molecule has 8 heteroatoms. The number of benzene rings is 2. The lowest BCUT2D eigenvalue weighted by molar-refractivity contribution is -0.117. The summed E-state index contributed by atoms with van der Waals surface area (Å²) in [4.78, 5) is 12.1. The number of anilines is 1. The smallest absolute Gasteiger partial charge is 0.242 e. The van der Waals surface area contributed by atoms with Gasteiger partial charge in [0.25, 0.3) is 0 Å². The van der Waals surface area contributed by atoms with Crippen molar-refractivity contribution in [3.63, 3.8) is 0 Å². The Kier molecular flexibility index (Phi) is 5.58. The molecule has 0 aromatic heterocycles. The molecule has 0 fully saturated rings. The van der Waals surface area contributed by atoms with Crippen molar-refractivity contribution in [2.45, 2.75) is 24.8 Å². The second-order valence-electron chi connectivity index (χ2n) is 5.25. The van der Waals surface area contributed by atoms with Crippen molar-refractivity contribution in [1.29, 1.82) is 0 Å². The predicted molar refractivity (Wildman–Crippen MR) is 91.0 cm³/mol. The number of hydrogen-bond donors (Lipinski definition) is 2. The zero-order chi connectivity index (χ0) is 17.9. The van der Waals surface area contributed by atoms with Crippen molar-refractivity contribution in [3.05, 3.63) is 58.9 Å². The molecular formula is C16H16ClFN2O3S. The first-order valence-electron chi connectivity index (χ1n) is 7.04. The van der Waals surface area contributed by atoms with Crippen molar-refractivity contribution in [2.75, 3.05) is 5.32 Å². The third kappa shape index (κ3) is 4.53. The zero-order valence-electron chi connectivity index (χ0n) is 13.0. The number of carbonyl (C=O) groups is 1. The monoisotopic (exact) mass is 370 g/mol. The van der Waals surface area contributed by atoms with Crippen molar-refractivity contribution in [2.24, 2.45) is 0 Å². The highest BCUT2D eigenvalue weighted by molar-refractivity contribution is 7.89. The molecule has 1 amide bonds. The molecule has 0 saturated heterocycles. The maximum absolute atomic E-state index is 12.9. The Morgan fingerprint density at radius 1 is 1.17 bits per heavy atom. The molecule has 0 unspecified atom stereocenters. The summed E-state index contributed by atoms with van der Waals surface area (Å²) in [7, 11) is -3.94. The average molecular weight is 371 g/mol. The molecular weight excluding hydrogens is 355 g/mol. The van der Waals surface area contributed by atoms with Crippen LogP contribution in [0.1, 0.15) is 12.5 Å². The second kappa shape index (κ2) is 7.29. The van der Waals surface area contributed by atoms with Gasteiger partial charge in [0.15, 0.2) is 0 Å². The van der Waals surface area contributed by atoms with Crippen LogP contribution in [0.25, 0.3) is 0 Å². The predicted octanol–water partition coefficient (Wildman–Crippen LogP) is 3.09. The van der Waals surface area contributed by atoms with E-state index in [9.17, 15) is 17.6 Å². The Morgan fingerprint density at radius 2 is 1.79 bits per heavy atom. The fourth-order valence-electron chi connectivity index (χ4n) is 1.94. The van der Waals surface area contributed by atoms with Gasteiger partial charge in [-0.15, -0.1) is 0 Å². The molecule has 0 radical (unpaired) electrons. The summed E-state index contributed by atoms with van der Waals surface area (Å²) in [5.74, 6) is -1.08. The summed E-state index contributed by atoms with van der Waals surface area (Å²) in [6.45, 7) is 3.20. The molecule has 1 atom stereocenters. The van der Waals surface area contributed by atoms with Gasteiger partial charge in [-0.05, 0) is 55.8 Å². The van der Waals surface area contributed by atoms with Gasteiger partial charge in [-0.3, -0.25) is 4.79 Å². The summed E-state index contributed by atoms with van der Waals surface area (Å²) in [6, 6.07) is 8.31. The lowest BCUT2D eigenvalue weighted by atomic mass is 10.2. The molecule has 5 nitrogen and oxygen atoms in total. The van der Waals surface area contributed by atoms with Crippen LogP contribution in [0.15, 0.2) is 47.4 Å². The van der Waals surface area contributed by atoms with E-state index in [4.69, 9.17) is 11.6 Å². The van der Waals surface area contributed by atoms with Crippen molar-refractivity contribution < 1.29 is 17.6 Å². The van der Waals surface area contributed by atoms with E-state index >= 15 is 0 Å². The Morgan fingerprint density at radius 3 is 2.42 bits per heavy atom. The summed E-state index contributed by atoms with van der Waals surface area (Å²) < 4.78 is 39.5. The quantitative estimate of drug-likeness (QED) is 0.849. The molecule has 0 aliphatic heterocycles. The molecule has 0 aliphatic carbocycles. The zero-order valence-corrected chi connectivity index (χ0v) is 14.6. The fraction of sp³-hybridized carbons (Fsp3) is 0.188. The van der Waals surface area contributed by atoms with Crippen LogP contribution in [0.2, 0.25) is 5.02 Å². The maximum Gasteiger partial charge on any atom is 0.242 e. The fourth-order valence-corrected chi connectivity index (χ4v) is 3.31. The lowest BCUT2D eigenvalue weighted by Crippen LogP contribution is -2.41. The van der Waals surface area contributed by atoms with Crippen LogP contribution >= 0.6 is 11.6 Å². The van der Waals surface area contributed by atoms with Crippen LogP contribution in [-0.2, 0) is 14.8 Å². The van der Waals surface area contributed by atoms with E-state index < -0.39 is 27.8 Å². The molecule has 0 saturated carbocycles. The maximum atomic E-state index is 12.9. The third-order valence-corrected chi connectivity index (χ3v) is 5.10. The number of carbonyl (C=O) groups excluding carboxylic acids is 1. The van der Waals surface area contributed by atoms with Crippen LogP contribution in [-0.4, -0.2) is 20.4 Å². The van der Waals surface area contributed by atoms with Gasteiger partial charge in [-0.2, -0.15) is 4.72 Å². The molecule has 24 heavy (non-hydrogen) atoms. The van der Waals surface area contributed by atoms with Gasteiger partial charge in [0, 0.05) is 10.7 Å². The van der Waals surface area contributed by atoms with Crippen molar-refractivity contribution in [3.8, 4) is 0 Å². The molecule has 0 heterocycles. The van der Waals surface area contributed by atoms with Gasteiger partial charge in [0.05, 0.1) is 10.9 Å². The van der Waals surface area contributed by atoms with Crippen LogP contribution in [0.4, 0.5) is 10.1 Å². The highest BCUT2D eigenvalue weighted by Crippen LogP contribution is 2.20. The summed E-state index contributed by atoms with van der Waals surface area (Å²) in [5.41, 5.74) is 1.29. The SMILES string of the molecule is Cc1ccc(Cl)cc1NC(=O)[C@@H](C)NS(=O)(=O)c1ccc(F)cc1. The van der Waals surface area contributed by atoms with E-state index in [2.05, 4.69) is 10.0 Å². The number of nitrogens with one attached hydrogen (secondary N) is 2. The first kappa shape index (κ1) is 18.4. The lowest BCUT2D eigenvalue weighted by Gasteiger charge is -2.15. The Labute approximate surface area is 144 Å². The molecule has 0 aliphatic rings. The van der Waals surface area contributed by atoms with Crippen molar-refractivity contribution in [1.82, 2.24) is 4.72 Å². The molecule has 2 aromatic carbocycles. The summed E-state index contributed by atoms with van der Waals surface area (Å²) >= 11 is 5.89. The second-order valence-corrected chi connectivity index (χ2v) is 7.40. The van der Waals surface area contributed by atoms with Gasteiger partial charge in [0.2, 0.25) is 15.9 Å². The largest absolute Gasteiger partial charge is 0.324 e. The highest BCUT2D eigenvalue weighted by atomic mass is 35.5. The number of sulfonamides is 1. The van der Waals surface area contributed by atoms with E-state index in [0.717, 1.165) is 29.8 Å². The van der Waals surface area contributed by atoms with Crippen LogP contribution < -0.4 is 10.0 Å². The normalized spacial score (nSPS) is 12.7. The Hall–Kier alpha value is -1.96. The Balaban J connectivity index is 2.10. The van der Waals surface area contributed by atoms with Crippen LogP contribution in [0.5, 0.6) is 0 Å². The van der Waals surface area contributed by atoms with Gasteiger partial charge in [-0.25, -0.2) is 12.8 Å². The minimum absolute atomic E-state index is 0.123. The topological polar surface area (TPSA) is 75.3 Å². The number of halogens is 2. The van der Waals surface area contributed by atoms with E-state index in [1.807, 2.05) is 0 Å². The minimum Gasteiger partial charge on any atom is -0.324 e. The van der Waals surface area contributed by atoms with Crippen LogP contribution in [0.3, 0.4) is 0 Å². The van der Waals surface area contributed by atoms with Gasteiger partial charge in [-0.1, -0.05) is 17.7 Å². The molecule has 0 bridgehead atoms. The van der Waals surface area contributed by atoms with Gasteiger partial charge in [0.1, 0.15) is 5.82 Å². The molecule has 128 valence electrons. The number of amides is 1. The van der Waals surface area contributed by atoms with Gasteiger partial charge < -0.3 is 5.32 Å². The number of aryl methyl sites for hydroxylation is 1. The van der Waals surface area contributed by atoms with Crippen molar-refractivity contribution >= 4 is 33.2 Å². The average Bonchev–Trinajstić information content (AvgIpc) is 2.51.